The molecular formula is C13H15NO2S2. The monoisotopic (exact) mass is 281 g/mol. The fraction of sp³-hybridized carbons (Fsp3) is 0.231. The first kappa shape index (κ1) is 13.3. The predicted octanol–water partition coefficient (Wildman–Crippen LogP) is 2.51. The molecule has 0 aliphatic heterocycles. The van der Waals surface area contributed by atoms with Gasteiger partial charge in [-0.15, -0.1) is 11.3 Å². The van der Waals surface area contributed by atoms with Crippen molar-refractivity contribution >= 4 is 21.2 Å². The van der Waals surface area contributed by atoms with E-state index in [9.17, 15) is 8.42 Å². The van der Waals surface area contributed by atoms with Crippen molar-refractivity contribution < 1.29 is 8.42 Å². The van der Waals surface area contributed by atoms with Crippen molar-refractivity contribution in [3.63, 3.8) is 0 Å². The van der Waals surface area contributed by atoms with Gasteiger partial charge in [0.05, 0.1) is 10.9 Å². The van der Waals surface area contributed by atoms with Gasteiger partial charge in [0.25, 0.3) is 0 Å². The van der Waals surface area contributed by atoms with E-state index in [1.54, 1.807) is 35.6 Å². The Morgan fingerprint density at radius 3 is 2.22 bits per heavy atom. The summed E-state index contributed by atoms with van der Waals surface area (Å²) in [6.45, 7) is 2.04. The molecule has 1 unspecified atom stereocenters. The molecule has 0 fully saturated rings. The summed E-state index contributed by atoms with van der Waals surface area (Å²) in [5, 5.41) is 2.03. The van der Waals surface area contributed by atoms with Crippen LogP contribution in [0.2, 0.25) is 0 Å². The first-order chi connectivity index (χ1) is 8.38. The highest BCUT2D eigenvalue weighted by molar-refractivity contribution is 7.90. The van der Waals surface area contributed by atoms with Crippen LogP contribution in [0.15, 0.2) is 40.6 Å². The lowest BCUT2D eigenvalue weighted by atomic mass is 10.0. The van der Waals surface area contributed by atoms with E-state index in [0.717, 1.165) is 11.1 Å². The lowest BCUT2D eigenvalue weighted by molar-refractivity contribution is 0.602. The summed E-state index contributed by atoms with van der Waals surface area (Å²) in [6, 6.07) is 8.60. The normalized spacial score (nSPS) is 13.5. The van der Waals surface area contributed by atoms with E-state index in [-0.39, 0.29) is 6.04 Å². The van der Waals surface area contributed by atoms with Gasteiger partial charge in [0.15, 0.2) is 9.84 Å². The average Bonchev–Trinajstić information content (AvgIpc) is 2.74. The molecule has 1 heterocycles. The van der Waals surface area contributed by atoms with E-state index < -0.39 is 9.84 Å². The topological polar surface area (TPSA) is 60.2 Å². The van der Waals surface area contributed by atoms with Crippen molar-refractivity contribution in [2.75, 3.05) is 6.26 Å². The maximum atomic E-state index is 11.4. The number of hydrogen-bond acceptors (Lipinski definition) is 4. The lowest BCUT2D eigenvalue weighted by Gasteiger charge is -2.10. The number of rotatable bonds is 3. The number of aryl methyl sites for hydroxylation is 1. The molecule has 2 N–H and O–H groups in total. The SMILES string of the molecule is Cc1cc(C(N)c2ccc(S(C)(=O)=O)cc2)cs1. The van der Waals surface area contributed by atoms with Crippen molar-refractivity contribution in [3.8, 4) is 0 Å². The zero-order valence-electron chi connectivity index (χ0n) is 10.3. The fourth-order valence-corrected chi connectivity index (χ4v) is 3.11. The summed E-state index contributed by atoms with van der Waals surface area (Å²) in [5.74, 6) is 0. The molecule has 18 heavy (non-hydrogen) atoms. The Morgan fingerprint density at radius 1 is 1.17 bits per heavy atom. The molecule has 0 bridgehead atoms. The van der Waals surface area contributed by atoms with Gasteiger partial charge in [0, 0.05) is 11.1 Å². The van der Waals surface area contributed by atoms with E-state index >= 15 is 0 Å². The Hall–Kier alpha value is -1.17. The Labute approximate surface area is 111 Å². The van der Waals surface area contributed by atoms with Crippen LogP contribution in [0.1, 0.15) is 22.0 Å². The molecule has 0 spiro atoms. The molecule has 3 nitrogen and oxygen atoms in total. The highest BCUT2D eigenvalue weighted by atomic mass is 32.2. The predicted molar refractivity (Wildman–Crippen MR) is 74.6 cm³/mol. The van der Waals surface area contributed by atoms with E-state index in [0.29, 0.717) is 4.90 Å². The smallest absolute Gasteiger partial charge is 0.175 e. The maximum absolute atomic E-state index is 11.4. The Bertz CT molecular complexity index is 642. The zero-order chi connectivity index (χ0) is 13.3. The molecule has 1 atom stereocenters. The largest absolute Gasteiger partial charge is 0.320 e. The highest BCUT2D eigenvalue weighted by Gasteiger charge is 2.12. The molecule has 0 saturated carbocycles. The quantitative estimate of drug-likeness (QED) is 0.940. The third-order valence-electron chi connectivity index (χ3n) is 2.78. The summed E-state index contributed by atoms with van der Waals surface area (Å²) in [7, 11) is -3.14. The van der Waals surface area contributed by atoms with Crippen LogP contribution < -0.4 is 5.73 Å². The summed E-state index contributed by atoms with van der Waals surface area (Å²) in [4.78, 5) is 1.54. The molecule has 2 aromatic rings. The zero-order valence-corrected chi connectivity index (χ0v) is 11.9. The van der Waals surface area contributed by atoms with E-state index in [4.69, 9.17) is 5.73 Å². The second-order valence-corrected chi connectivity index (χ2v) is 7.44. The minimum atomic E-state index is -3.14. The van der Waals surface area contributed by atoms with Crippen LogP contribution in [-0.4, -0.2) is 14.7 Å². The second kappa shape index (κ2) is 4.84. The van der Waals surface area contributed by atoms with Crippen LogP contribution in [0.5, 0.6) is 0 Å². The molecule has 1 aromatic heterocycles. The minimum absolute atomic E-state index is 0.205. The van der Waals surface area contributed by atoms with Gasteiger partial charge in [0.1, 0.15) is 0 Å². The number of sulfone groups is 1. The van der Waals surface area contributed by atoms with Gasteiger partial charge in [-0.3, -0.25) is 0 Å². The van der Waals surface area contributed by atoms with Gasteiger partial charge in [-0.1, -0.05) is 12.1 Å². The van der Waals surface area contributed by atoms with Gasteiger partial charge in [-0.05, 0) is 41.6 Å². The van der Waals surface area contributed by atoms with Crippen LogP contribution in [0.4, 0.5) is 0 Å². The van der Waals surface area contributed by atoms with E-state index in [1.165, 1.54) is 11.1 Å². The summed E-state index contributed by atoms with van der Waals surface area (Å²) in [6.07, 6.45) is 1.20. The Kier molecular flexibility index (Phi) is 3.56. The molecule has 5 heteroatoms. The number of benzene rings is 1. The Balaban J connectivity index is 2.30. The van der Waals surface area contributed by atoms with Crippen LogP contribution >= 0.6 is 11.3 Å². The Morgan fingerprint density at radius 2 is 1.78 bits per heavy atom. The van der Waals surface area contributed by atoms with Crippen LogP contribution in [-0.2, 0) is 9.84 Å². The van der Waals surface area contributed by atoms with Gasteiger partial charge < -0.3 is 5.73 Å². The van der Waals surface area contributed by atoms with Crippen LogP contribution in [0.3, 0.4) is 0 Å². The molecule has 0 aliphatic carbocycles. The van der Waals surface area contributed by atoms with E-state index in [1.807, 2.05) is 12.3 Å². The molecule has 0 aliphatic rings. The van der Waals surface area contributed by atoms with Crippen molar-refractivity contribution in [1.29, 1.82) is 0 Å². The van der Waals surface area contributed by atoms with Gasteiger partial charge >= 0.3 is 0 Å². The van der Waals surface area contributed by atoms with Crippen molar-refractivity contribution in [3.05, 3.63) is 51.7 Å². The molecule has 1 aromatic carbocycles. The third-order valence-corrected chi connectivity index (χ3v) is 4.79. The molecule has 2 rings (SSSR count). The van der Waals surface area contributed by atoms with Crippen molar-refractivity contribution in [2.45, 2.75) is 17.9 Å². The third kappa shape index (κ3) is 2.80. The van der Waals surface area contributed by atoms with Gasteiger partial charge in [-0.2, -0.15) is 0 Å². The van der Waals surface area contributed by atoms with Crippen LogP contribution in [0.25, 0.3) is 0 Å². The standard InChI is InChI=1S/C13H15NO2S2/c1-9-7-11(8-17-9)13(14)10-3-5-12(6-4-10)18(2,15)16/h3-8,13H,14H2,1-2H3. The molecule has 0 saturated heterocycles. The number of hydrogen-bond donors (Lipinski definition) is 1. The first-order valence-corrected chi connectivity index (χ1v) is 8.25. The second-order valence-electron chi connectivity index (χ2n) is 4.31. The maximum Gasteiger partial charge on any atom is 0.175 e. The summed E-state index contributed by atoms with van der Waals surface area (Å²) >= 11 is 1.66. The molecule has 96 valence electrons. The van der Waals surface area contributed by atoms with Crippen LogP contribution in [0, 0.1) is 6.92 Å². The lowest BCUT2D eigenvalue weighted by Crippen LogP contribution is -2.11. The molecule has 0 radical (unpaired) electrons. The van der Waals surface area contributed by atoms with Crippen molar-refractivity contribution in [2.24, 2.45) is 5.73 Å². The highest BCUT2D eigenvalue weighted by Crippen LogP contribution is 2.25. The average molecular weight is 281 g/mol. The van der Waals surface area contributed by atoms with E-state index in [2.05, 4.69) is 6.07 Å². The number of nitrogens with two attached hydrogens (primary N) is 1. The first-order valence-electron chi connectivity index (χ1n) is 5.48. The molecular weight excluding hydrogens is 266 g/mol. The van der Waals surface area contributed by atoms with Gasteiger partial charge in [-0.25, -0.2) is 8.42 Å². The summed E-state index contributed by atoms with van der Waals surface area (Å²) in [5.41, 5.74) is 8.12. The summed E-state index contributed by atoms with van der Waals surface area (Å²) < 4.78 is 22.7. The van der Waals surface area contributed by atoms with Gasteiger partial charge in [0.2, 0.25) is 0 Å². The molecule has 0 amide bonds. The fourth-order valence-electron chi connectivity index (χ4n) is 1.74. The van der Waals surface area contributed by atoms with Crippen molar-refractivity contribution in [1.82, 2.24) is 0 Å². The minimum Gasteiger partial charge on any atom is -0.320 e. The number of thiophene rings is 1.